The van der Waals surface area contributed by atoms with Gasteiger partial charge in [0.05, 0.1) is 12.9 Å². The van der Waals surface area contributed by atoms with E-state index in [1.165, 1.54) is 18.4 Å². The Labute approximate surface area is 156 Å². The summed E-state index contributed by atoms with van der Waals surface area (Å²) in [5.74, 6) is 1.08. The summed E-state index contributed by atoms with van der Waals surface area (Å²) in [6, 6.07) is 0.376. The molecule has 0 unspecified atom stereocenters. The van der Waals surface area contributed by atoms with Gasteiger partial charge in [0.25, 0.3) is 0 Å². The monoisotopic (exact) mass is 357 g/mol. The van der Waals surface area contributed by atoms with Crippen molar-refractivity contribution in [2.75, 3.05) is 26.7 Å². The van der Waals surface area contributed by atoms with E-state index in [0.29, 0.717) is 6.04 Å². The number of methoxy groups -OCH3 is 1. The number of nitrogens with one attached hydrogen (secondary N) is 2. The number of carbonyl (C=O) groups excluding carboxylic acids is 1. The summed E-state index contributed by atoms with van der Waals surface area (Å²) < 4.78 is 5.30. The molecular formula is C21H31N3O2. The van der Waals surface area contributed by atoms with Crippen LogP contribution in [0.3, 0.4) is 0 Å². The van der Waals surface area contributed by atoms with Gasteiger partial charge in [-0.05, 0) is 57.2 Å². The lowest BCUT2D eigenvalue weighted by Gasteiger charge is -2.26. The van der Waals surface area contributed by atoms with Crippen LogP contribution in [0.4, 0.5) is 4.79 Å². The summed E-state index contributed by atoms with van der Waals surface area (Å²) >= 11 is 0. The van der Waals surface area contributed by atoms with E-state index in [1.807, 2.05) is 12.2 Å². The maximum Gasteiger partial charge on any atom is 0.319 e. The van der Waals surface area contributed by atoms with E-state index in [1.54, 1.807) is 7.11 Å². The van der Waals surface area contributed by atoms with Crippen LogP contribution in [0.5, 0.6) is 0 Å². The lowest BCUT2D eigenvalue weighted by molar-refractivity contribution is 0.227. The van der Waals surface area contributed by atoms with Gasteiger partial charge in [0.1, 0.15) is 0 Å². The maximum atomic E-state index is 12.1. The molecule has 2 aliphatic carbocycles. The molecular weight excluding hydrogens is 326 g/mol. The average Bonchev–Trinajstić information content (AvgIpc) is 3.13. The zero-order valence-electron chi connectivity index (χ0n) is 15.8. The quantitative estimate of drug-likeness (QED) is 0.732. The number of amides is 2. The molecule has 1 heterocycles. The molecule has 1 aliphatic heterocycles. The van der Waals surface area contributed by atoms with Crippen molar-refractivity contribution in [3.05, 3.63) is 47.4 Å². The van der Waals surface area contributed by atoms with Crippen LogP contribution >= 0.6 is 0 Å². The molecule has 1 fully saturated rings. The van der Waals surface area contributed by atoms with Crippen molar-refractivity contribution in [1.82, 2.24) is 15.5 Å². The summed E-state index contributed by atoms with van der Waals surface area (Å²) in [5, 5.41) is 6.02. The van der Waals surface area contributed by atoms with Gasteiger partial charge in [-0.15, -0.1) is 0 Å². The minimum absolute atomic E-state index is 0.0781. The van der Waals surface area contributed by atoms with Crippen LogP contribution in [0.2, 0.25) is 0 Å². The normalized spacial score (nSPS) is 23.1. The highest BCUT2D eigenvalue weighted by Gasteiger charge is 2.24. The molecule has 0 aromatic rings. The second-order valence-corrected chi connectivity index (χ2v) is 7.24. The molecule has 3 rings (SSSR count). The highest BCUT2D eigenvalue weighted by molar-refractivity contribution is 5.76. The highest BCUT2D eigenvalue weighted by atomic mass is 16.5. The van der Waals surface area contributed by atoms with Crippen molar-refractivity contribution in [2.24, 2.45) is 0 Å². The summed E-state index contributed by atoms with van der Waals surface area (Å²) in [5.41, 5.74) is 2.50. The van der Waals surface area contributed by atoms with Gasteiger partial charge in [0.15, 0.2) is 0 Å². The Bertz CT molecular complexity index is 619. The molecule has 5 heteroatoms. The maximum absolute atomic E-state index is 12.1. The van der Waals surface area contributed by atoms with Crippen molar-refractivity contribution in [3.8, 4) is 0 Å². The van der Waals surface area contributed by atoms with Gasteiger partial charge >= 0.3 is 6.03 Å². The van der Waals surface area contributed by atoms with Crippen molar-refractivity contribution >= 4 is 6.03 Å². The third-order valence-electron chi connectivity index (χ3n) is 5.47. The molecule has 1 atom stereocenters. The van der Waals surface area contributed by atoms with E-state index in [0.717, 1.165) is 63.2 Å². The Morgan fingerprint density at radius 3 is 2.92 bits per heavy atom. The second-order valence-electron chi connectivity index (χ2n) is 7.24. The lowest BCUT2D eigenvalue weighted by atomic mass is 10.0. The van der Waals surface area contributed by atoms with E-state index in [2.05, 4.69) is 33.8 Å². The van der Waals surface area contributed by atoms with Crippen molar-refractivity contribution < 1.29 is 9.53 Å². The Balaban J connectivity index is 1.40. The Kier molecular flexibility index (Phi) is 6.95. The van der Waals surface area contributed by atoms with Gasteiger partial charge < -0.3 is 15.4 Å². The zero-order valence-corrected chi connectivity index (χ0v) is 15.8. The largest absolute Gasteiger partial charge is 0.501 e. The molecule has 0 bridgehead atoms. The van der Waals surface area contributed by atoms with Gasteiger partial charge in [0, 0.05) is 31.2 Å². The Hall–Kier alpha value is -2.01. The second kappa shape index (κ2) is 9.62. The minimum atomic E-state index is -0.0781. The van der Waals surface area contributed by atoms with Crippen LogP contribution in [0.1, 0.15) is 44.9 Å². The van der Waals surface area contributed by atoms with Crippen molar-refractivity contribution in [2.45, 2.75) is 51.0 Å². The first-order valence-corrected chi connectivity index (χ1v) is 9.82. The third-order valence-corrected chi connectivity index (χ3v) is 5.47. The first-order valence-electron chi connectivity index (χ1n) is 9.82. The molecule has 3 aliphatic rings. The molecule has 5 nitrogen and oxygen atoms in total. The summed E-state index contributed by atoms with van der Waals surface area (Å²) in [7, 11) is 1.74. The summed E-state index contributed by atoms with van der Waals surface area (Å²) in [6.07, 6.45) is 17.9. The number of allylic oxidation sites excluding steroid dienone is 7. The standard InChI is InChI=1S/C21H31N3O2/c1-26-20-11-9-17(10-12-20)13-15-24-14-5-8-19(24)16-22-21(25)23-18-6-3-2-4-7-18/h2-3,6,9,11,19H,4-5,7-8,10,12-16H2,1H3,(H2,22,23,25)/t19-/m0/s1. The van der Waals surface area contributed by atoms with E-state index >= 15 is 0 Å². The van der Waals surface area contributed by atoms with Crippen LogP contribution in [0.15, 0.2) is 47.4 Å². The molecule has 142 valence electrons. The zero-order chi connectivity index (χ0) is 18.2. The number of hydrogen-bond acceptors (Lipinski definition) is 3. The van der Waals surface area contributed by atoms with Crippen LogP contribution < -0.4 is 10.6 Å². The van der Waals surface area contributed by atoms with E-state index in [-0.39, 0.29) is 6.03 Å². The molecule has 1 saturated heterocycles. The molecule has 0 radical (unpaired) electrons. The Morgan fingerprint density at radius 2 is 2.19 bits per heavy atom. The van der Waals surface area contributed by atoms with E-state index < -0.39 is 0 Å². The average molecular weight is 357 g/mol. The first-order chi connectivity index (χ1) is 12.7. The van der Waals surface area contributed by atoms with Gasteiger partial charge in [-0.1, -0.05) is 23.8 Å². The van der Waals surface area contributed by atoms with Crippen molar-refractivity contribution in [1.29, 1.82) is 0 Å². The van der Waals surface area contributed by atoms with E-state index in [9.17, 15) is 4.79 Å². The molecule has 0 aromatic heterocycles. The SMILES string of the molecule is COC1=CC=C(CCN2CCC[C@H]2CNC(=O)NC2=CC=CCC2)CC1. The number of likely N-dealkylation sites (tertiary alicyclic amines) is 1. The highest BCUT2D eigenvalue weighted by Crippen LogP contribution is 2.23. The molecule has 2 amide bonds. The van der Waals surface area contributed by atoms with Gasteiger partial charge in [-0.25, -0.2) is 4.79 Å². The van der Waals surface area contributed by atoms with Crippen LogP contribution in [-0.2, 0) is 4.74 Å². The predicted molar refractivity (Wildman–Crippen MR) is 105 cm³/mol. The summed E-state index contributed by atoms with van der Waals surface area (Å²) in [6.45, 7) is 2.93. The fourth-order valence-corrected chi connectivity index (χ4v) is 3.85. The number of nitrogens with zero attached hydrogens (tertiary/aromatic N) is 1. The number of urea groups is 1. The topological polar surface area (TPSA) is 53.6 Å². The fraction of sp³-hybridized carbons (Fsp3) is 0.571. The van der Waals surface area contributed by atoms with Gasteiger partial charge in [-0.2, -0.15) is 0 Å². The number of rotatable bonds is 7. The molecule has 26 heavy (non-hydrogen) atoms. The third kappa shape index (κ3) is 5.49. The van der Waals surface area contributed by atoms with Gasteiger partial charge in [0.2, 0.25) is 0 Å². The predicted octanol–water partition coefficient (Wildman–Crippen LogP) is 3.62. The lowest BCUT2D eigenvalue weighted by Crippen LogP contribution is -2.44. The minimum Gasteiger partial charge on any atom is -0.501 e. The molecule has 0 aromatic carbocycles. The molecule has 0 saturated carbocycles. The van der Waals surface area contributed by atoms with Crippen molar-refractivity contribution in [3.63, 3.8) is 0 Å². The number of carbonyl (C=O) groups is 1. The van der Waals surface area contributed by atoms with Crippen LogP contribution in [-0.4, -0.2) is 43.7 Å². The molecule has 0 spiro atoms. The first kappa shape index (κ1) is 18.8. The fourth-order valence-electron chi connectivity index (χ4n) is 3.85. The number of hydrogen-bond donors (Lipinski definition) is 2. The van der Waals surface area contributed by atoms with Gasteiger partial charge in [-0.3, -0.25) is 4.90 Å². The van der Waals surface area contributed by atoms with E-state index in [4.69, 9.17) is 4.74 Å². The van der Waals surface area contributed by atoms with Crippen LogP contribution in [0, 0.1) is 0 Å². The molecule has 2 N–H and O–H groups in total. The number of ether oxygens (including phenoxy) is 1. The Morgan fingerprint density at radius 1 is 1.27 bits per heavy atom. The smallest absolute Gasteiger partial charge is 0.319 e. The summed E-state index contributed by atoms with van der Waals surface area (Å²) in [4.78, 5) is 14.6. The van der Waals surface area contributed by atoms with Crippen LogP contribution in [0.25, 0.3) is 0 Å².